The van der Waals surface area contributed by atoms with Crippen LogP contribution in [0, 0.1) is 0 Å². The number of hydrogen-bond donors (Lipinski definition) is 0. The molecule has 0 unspecified atom stereocenters. The van der Waals surface area contributed by atoms with E-state index in [2.05, 4.69) is 101 Å². The SMILES string of the molecule is COC[C@@H]1CN(Cc2ccccc2)[C@@H](c2ccccc2)N1Cc1ccccc1. The van der Waals surface area contributed by atoms with Crippen molar-refractivity contribution in [2.24, 2.45) is 0 Å². The van der Waals surface area contributed by atoms with Gasteiger partial charge in [0.15, 0.2) is 0 Å². The average molecular weight is 373 g/mol. The molecule has 0 radical (unpaired) electrons. The minimum atomic E-state index is 0.238. The van der Waals surface area contributed by atoms with Gasteiger partial charge >= 0.3 is 0 Å². The van der Waals surface area contributed by atoms with E-state index in [0.717, 1.165) is 26.2 Å². The quantitative estimate of drug-likeness (QED) is 0.597. The lowest BCUT2D eigenvalue weighted by Gasteiger charge is -2.32. The maximum absolute atomic E-state index is 5.61. The Bertz CT molecular complexity index is 838. The van der Waals surface area contributed by atoms with Crippen molar-refractivity contribution >= 4 is 0 Å². The van der Waals surface area contributed by atoms with Gasteiger partial charge in [0.25, 0.3) is 0 Å². The number of rotatable bonds is 7. The van der Waals surface area contributed by atoms with Gasteiger partial charge in [0, 0.05) is 32.8 Å². The summed E-state index contributed by atoms with van der Waals surface area (Å²) in [6.07, 6.45) is 0.238. The van der Waals surface area contributed by atoms with Gasteiger partial charge in [0.2, 0.25) is 0 Å². The molecule has 1 heterocycles. The molecule has 3 heteroatoms. The molecule has 28 heavy (non-hydrogen) atoms. The van der Waals surface area contributed by atoms with Gasteiger partial charge in [0.05, 0.1) is 12.8 Å². The van der Waals surface area contributed by atoms with Crippen molar-refractivity contribution < 1.29 is 4.74 Å². The van der Waals surface area contributed by atoms with E-state index in [1.807, 2.05) is 0 Å². The second kappa shape index (κ2) is 9.16. The first kappa shape index (κ1) is 18.9. The third-order valence-electron chi connectivity index (χ3n) is 5.47. The van der Waals surface area contributed by atoms with Gasteiger partial charge < -0.3 is 4.74 Å². The predicted octanol–water partition coefficient (Wildman–Crippen LogP) is 4.72. The van der Waals surface area contributed by atoms with Gasteiger partial charge in [-0.05, 0) is 16.7 Å². The van der Waals surface area contributed by atoms with Gasteiger partial charge in [-0.2, -0.15) is 0 Å². The van der Waals surface area contributed by atoms with Crippen LogP contribution in [-0.2, 0) is 17.8 Å². The Hall–Kier alpha value is -2.46. The van der Waals surface area contributed by atoms with Crippen LogP contribution in [0.3, 0.4) is 0 Å². The summed E-state index contributed by atoms with van der Waals surface area (Å²) in [5.74, 6) is 0. The summed E-state index contributed by atoms with van der Waals surface area (Å²) in [5.41, 5.74) is 4.03. The molecule has 3 nitrogen and oxygen atoms in total. The van der Waals surface area contributed by atoms with E-state index >= 15 is 0 Å². The van der Waals surface area contributed by atoms with Crippen LogP contribution in [0.2, 0.25) is 0 Å². The van der Waals surface area contributed by atoms with Gasteiger partial charge in [-0.1, -0.05) is 91.0 Å². The minimum absolute atomic E-state index is 0.238. The second-order valence-corrected chi connectivity index (χ2v) is 7.47. The average Bonchev–Trinajstić information content (AvgIpc) is 3.07. The van der Waals surface area contributed by atoms with Crippen molar-refractivity contribution in [2.45, 2.75) is 25.3 Å². The predicted molar refractivity (Wildman–Crippen MR) is 114 cm³/mol. The van der Waals surface area contributed by atoms with Gasteiger partial charge in [-0.15, -0.1) is 0 Å². The van der Waals surface area contributed by atoms with Crippen LogP contribution in [0.15, 0.2) is 91.0 Å². The summed E-state index contributed by atoms with van der Waals surface area (Å²) in [5, 5.41) is 0. The van der Waals surface area contributed by atoms with E-state index in [-0.39, 0.29) is 6.17 Å². The van der Waals surface area contributed by atoms with Crippen LogP contribution in [0.25, 0.3) is 0 Å². The van der Waals surface area contributed by atoms with Crippen molar-refractivity contribution in [1.82, 2.24) is 9.80 Å². The molecule has 1 saturated heterocycles. The van der Waals surface area contributed by atoms with Crippen LogP contribution in [-0.4, -0.2) is 36.1 Å². The topological polar surface area (TPSA) is 15.7 Å². The van der Waals surface area contributed by atoms with Crippen LogP contribution in [0.5, 0.6) is 0 Å². The Morgan fingerprint density at radius 3 is 1.86 bits per heavy atom. The fourth-order valence-electron chi connectivity index (χ4n) is 4.23. The molecule has 0 aliphatic carbocycles. The summed E-state index contributed by atoms with van der Waals surface area (Å²) in [4.78, 5) is 5.18. The van der Waals surface area contributed by atoms with E-state index in [0.29, 0.717) is 6.04 Å². The standard InChI is InChI=1S/C25H28N2O/c1-28-20-24-19-26(17-21-11-5-2-6-12-21)25(23-15-9-4-10-16-23)27(24)18-22-13-7-3-8-14-22/h2-16,24-25H,17-20H2,1H3/t24-,25+/m0/s1. The molecule has 1 aliphatic heterocycles. The summed E-state index contributed by atoms with van der Waals surface area (Å²) in [6, 6.07) is 32.7. The maximum Gasteiger partial charge on any atom is 0.0896 e. The van der Waals surface area contributed by atoms with Gasteiger partial charge in [-0.3, -0.25) is 9.80 Å². The third-order valence-corrected chi connectivity index (χ3v) is 5.47. The first-order valence-corrected chi connectivity index (χ1v) is 9.96. The maximum atomic E-state index is 5.61. The molecule has 1 fully saturated rings. The molecule has 0 N–H and O–H groups in total. The summed E-state index contributed by atoms with van der Waals surface area (Å²) >= 11 is 0. The monoisotopic (exact) mass is 372 g/mol. The molecule has 0 spiro atoms. The number of hydrogen-bond acceptors (Lipinski definition) is 3. The highest BCUT2D eigenvalue weighted by molar-refractivity contribution is 5.23. The number of methoxy groups -OCH3 is 1. The summed E-state index contributed by atoms with van der Waals surface area (Å²) < 4.78 is 5.61. The Kier molecular flexibility index (Phi) is 6.17. The van der Waals surface area contributed by atoms with Crippen molar-refractivity contribution in [3.63, 3.8) is 0 Å². The number of nitrogens with zero attached hydrogens (tertiary/aromatic N) is 2. The molecule has 2 atom stereocenters. The highest BCUT2D eigenvalue weighted by Gasteiger charge is 2.40. The number of ether oxygens (including phenoxy) is 1. The molecular formula is C25H28N2O. The van der Waals surface area contributed by atoms with Crippen molar-refractivity contribution in [3.8, 4) is 0 Å². The Morgan fingerprint density at radius 2 is 1.29 bits per heavy atom. The van der Waals surface area contributed by atoms with E-state index in [4.69, 9.17) is 4.74 Å². The van der Waals surface area contributed by atoms with Crippen molar-refractivity contribution in [3.05, 3.63) is 108 Å². The highest BCUT2D eigenvalue weighted by atomic mass is 16.5. The molecular weight excluding hydrogens is 344 g/mol. The molecule has 0 saturated carbocycles. The normalized spacial score (nSPS) is 20.5. The fraction of sp³-hybridized carbons (Fsp3) is 0.280. The number of benzene rings is 3. The van der Waals surface area contributed by atoms with Crippen molar-refractivity contribution in [1.29, 1.82) is 0 Å². The lowest BCUT2D eigenvalue weighted by molar-refractivity contribution is 0.0746. The first-order valence-electron chi connectivity index (χ1n) is 9.96. The Labute approximate surface area is 168 Å². The van der Waals surface area contributed by atoms with Crippen LogP contribution in [0.4, 0.5) is 0 Å². The fourth-order valence-corrected chi connectivity index (χ4v) is 4.23. The molecule has 3 aromatic rings. The highest BCUT2D eigenvalue weighted by Crippen LogP contribution is 2.36. The first-order chi connectivity index (χ1) is 13.8. The lowest BCUT2D eigenvalue weighted by atomic mass is 10.1. The molecule has 144 valence electrons. The van der Waals surface area contributed by atoms with Crippen LogP contribution >= 0.6 is 0 Å². The molecule has 0 bridgehead atoms. The zero-order valence-corrected chi connectivity index (χ0v) is 16.4. The van der Waals surface area contributed by atoms with Crippen LogP contribution < -0.4 is 0 Å². The second-order valence-electron chi connectivity index (χ2n) is 7.47. The smallest absolute Gasteiger partial charge is 0.0896 e. The molecule has 0 aromatic heterocycles. The zero-order valence-electron chi connectivity index (χ0n) is 16.4. The molecule has 4 rings (SSSR count). The van der Waals surface area contributed by atoms with Crippen molar-refractivity contribution in [2.75, 3.05) is 20.3 Å². The van der Waals surface area contributed by atoms with E-state index in [1.165, 1.54) is 16.7 Å². The van der Waals surface area contributed by atoms with E-state index < -0.39 is 0 Å². The zero-order chi connectivity index (χ0) is 19.2. The van der Waals surface area contributed by atoms with E-state index in [9.17, 15) is 0 Å². The largest absolute Gasteiger partial charge is 0.383 e. The molecule has 3 aromatic carbocycles. The third kappa shape index (κ3) is 4.33. The Balaban J connectivity index is 1.67. The van der Waals surface area contributed by atoms with Gasteiger partial charge in [-0.25, -0.2) is 0 Å². The lowest BCUT2D eigenvalue weighted by Crippen LogP contribution is -2.36. The molecule has 0 amide bonds. The van der Waals surface area contributed by atoms with Crippen LogP contribution in [0.1, 0.15) is 22.9 Å². The van der Waals surface area contributed by atoms with Gasteiger partial charge in [0.1, 0.15) is 0 Å². The summed E-state index contributed by atoms with van der Waals surface area (Å²) in [7, 11) is 1.80. The summed E-state index contributed by atoms with van der Waals surface area (Å²) in [6.45, 7) is 3.59. The molecule has 1 aliphatic rings. The van der Waals surface area contributed by atoms with E-state index in [1.54, 1.807) is 7.11 Å². The Morgan fingerprint density at radius 1 is 0.750 bits per heavy atom. The minimum Gasteiger partial charge on any atom is -0.383 e.